The second kappa shape index (κ2) is 32.5. The van der Waals surface area contributed by atoms with Crippen molar-refractivity contribution < 1.29 is 20.1 Å². The molecule has 0 aromatic rings. The second-order valence-electron chi connectivity index (χ2n) is 12.1. The highest BCUT2D eigenvalue weighted by Gasteiger charge is 2.20. The van der Waals surface area contributed by atoms with Gasteiger partial charge in [-0.1, -0.05) is 147 Å². The zero-order valence-electron chi connectivity index (χ0n) is 27.6. The van der Waals surface area contributed by atoms with Gasteiger partial charge in [0.05, 0.1) is 31.3 Å². The zero-order chi connectivity index (χ0) is 30.9. The average Bonchev–Trinajstić information content (AvgIpc) is 2.98. The maximum absolute atomic E-state index is 12.3. The molecule has 0 aromatic carbocycles. The van der Waals surface area contributed by atoms with Crippen LogP contribution in [0, 0.1) is 0 Å². The molecule has 246 valence electrons. The molecule has 0 spiro atoms. The number of nitrogens with one attached hydrogen (secondary N) is 1. The number of amides is 1. The van der Waals surface area contributed by atoms with Crippen LogP contribution in [0.3, 0.4) is 0 Å². The van der Waals surface area contributed by atoms with Gasteiger partial charge in [-0.2, -0.15) is 0 Å². The summed E-state index contributed by atoms with van der Waals surface area (Å²) in [6.07, 6.45) is 38.3. The van der Waals surface area contributed by atoms with Gasteiger partial charge in [0.25, 0.3) is 0 Å². The van der Waals surface area contributed by atoms with Gasteiger partial charge in [-0.15, -0.1) is 0 Å². The summed E-state index contributed by atoms with van der Waals surface area (Å²) in [7, 11) is 0. The van der Waals surface area contributed by atoms with Gasteiger partial charge in [0, 0.05) is 0 Å². The summed E-state index contributed by atoms with van der Waals surface area (Å²) in [6.45, 7) is 4.15. The number of rotatable bonds is 31. The van der Waals surface area contributed by atoms with Crippen molar-refractivity contribution in [1.29, 1.82) is 0 Å². The SMILES string of the molecule is CCCCC/C=C\C/C=C\CCCCCCCC(O)CC(=O)NC(CO)C(O)/C=C/CCCCCCCCCCCC. The first-order valence-electron chi connectivity index (χ1n) is 17.8. The Bertz CT molecular complexity index is 660. The van der Waals surface area contributed by atoms with Gasteiger partial charge < -0.3 is 20.6 Å². The smallest absolute Gasteiger partial charge is 0.222 e. The lowest BCUT2D eigenvalue weighted by molar-refractivity contribution is -0.124. The van der Waals surface area contributed by atoms with Gasteiger partial charge in [-0.05, 0) is 51.4 Å². The first-order chi connectivity index (χ1) is 20.5. The summed E-state index contributed by atoms with van der Waals surface area (Å²) in [5.41, 5.74) is 0. The van der Waals surface area contributed by atoms with Gasteiger partial charge in [-0.3, -0.25) is 4.79 Å². The average molecular weight is 592 g/mol. The predicted octanol–water partition coefficient (Wildman–Crippen LogP) is 9.26. The van der Waals surface area contributed by atoms with E-state index in [1.165, 1.54) is 96.3 Å². The van der Waals surface area contributed by atoms with Crippen molar-refractivity contribution in [1.82, 2.24) is 5.32 Å². The number of unbranched alkanes of at least 4 members (excludes halogenated alkanes) is 18. The molecule has 5 nitrogen and oxygen atoms in total. The lowest BCUT2D eigenvalue weighted by Crippen LogP contribution is -2.45. The highest BCUT2D eigenvalue weighted by Crippen LogP contribution is 2.13. The van der Waals surface area contributed by atoms with E-state index < -0.39 is 18.2 Å². The van der Waals surface area contributed by atoms with Gasteiger partial charge in [0.1, 0.15) is 0 Å². The van der Waals surface area contributed by atoms with Gasteiger partial charge >= 0.3 is 0 Å². The summed E-state index contributed by atoms with van der Waals surface area (Å²) >= 11 is 0. The molecule has 0 aliphatic heterocycles. The molecule has 0 saturated carbocycles. The number of aliphatic hydroxyl groups excluding tert-OH is 3. The normalized spacial score (nSPS) is 14.3. The minimum atomic E-state index is -0.930. The second-order valence-corrected chi connectivity index (χ2v) is 12.1. The molecule has 0 heterocycles. The molecule has 3 unspecified atom stereocenters. The summed E-state index contributed by atoms with van der Waals surface area (Å²) in [5.74, 6) is -0.328. The standard InChI is InChI=1S/C37H69NO4/c1-3-5-7-9-11-13-15-17-18-19-20-22-24-26-28-30-34(40)32-37(42)38-35(33-39)36(41)31-29-27-25-23-21-16-14-12-10-8-6-4-2/h11,13,17-18,29,31,34-36,39-41H,3-10,12,14-16,19-28,30,32-33H2,1-2H3,(H,38,42)/b13-11-,18-17-,31-29+. The molecule has 0 rings (SSSR count). The quantitative estimate of drug-likeness (QED) is 0.0478. The van der Waals surface area contributed by atoms with E-state index in [9.17, 15) is 20.1 Å². The van der Waals surface area contributed by atoms with Crippen LogP contribution in [0.4, 0.5) is 0 Å². The Morgan fingerprint density at radius 1 is 0.619 bits per heavy atom. The Kier molecular flexibility index (Phi) is 31.4. The third kappa shape index (κ3) is 28.7. The zero-order valence-corrected chi connectivity index (χ0v) is 27.6. The molecule has 0 fully saturated rings. The molecular weight excluding hydrogens is 522 g/mol. The van der Waals surface area contributed by atoms with Crippen LogP contribution in [0.1, 0.15) is 168 Å². The van der Waals surface area contributed by atoms with Crippen LogP contribution in [0.25, 0.3) is 0 Å². The van der Waals surface area contributed by atoms with E-state index in [1.54, 1.807) is 6.08 Å². The van der Waals surface area contributed by atoms with E-state index in [0.717, 1.165) is 44.9 Å². The fraction of sp³-hybridized carbons (Fsp3) is 0.811. The molecule has 0 aromatic heterocycles. The van der Waals surface area contributed by atoms with Crippen molar-refractivity contribution in [3.8, 4) is 0 Å². The lowest BCUT2D eigenvalue weighted by atomic mass is 10.0. The van der Waals surface area contributed by atoms with Crippen LogP contribution in [-0.2, 0) is 4.79 Å². The van der Waals surface area contributed by atoms with Crippen LogP contribution in [0.5, 0.6) is 0 Å². The Labute approximate surface area is 260 Å². The van der Waals surface area contributed by atoms with E-state index in [0.29, 0.717) is 6.42 Å². The fourth-order valence-electron chi connectivity index (χ4n) is 5.13. The molecule has 3 atom stereocenters. The summed E-state index contributed by atoms with van der Waals surface area (Å²) in [6, 6.07) is -0.746. The largest absolute Gasteiger partial charge is 0.394 e. The Morgan fingerprint density at radius 3 is 1.62 bits per heavy atom. The van der Waals surface area contributed by atoms with Crippen molar-refractivity contribution in [2.45, 2.75) is 186 Å². The summed E-state index contributed by atoms with van der Waals surface area (Å²) < 4.78 is 0. The fourth-order valence-corrected chi connectivity index (χ4v) is 5.13. The first kappa shape index (κ1) is 40.6. The summed E-state index contributed by atoms with van der Waals surface area (Å²) in [4.78, 5) is 12.3. The molecule has 0 aliphatic rings. The van der Waals surface area contributed by atoms with Crippen molar-refractivity contribution in [3.63, 3.8) is 0 Å². The predicted molar refractivity (Wildman–Crippen MR) is 181 cm³/mol. The molecule has 5 heteroatoms. The maximum Gasteiger partial charge on any atom is 0.222 e. The topological polar surface area (TPSA) is 89.8 Å². The molecule has 0 saturated heterocycles. The van der Waals surface area contributed by atoms with E-state index in [4.69, 9.17) is 0 Å². The number of carbonyl (C=O) groups is 1. The first-order valence-corrected chi connectivity index (χ1v) is 17.8. The van der Waals surface area contributed by atoms with E-state index in [2.05, 4.69) is 43.5 Å². The van der Waals surface area contributed by atoms with Crippen molar-refractivity contribution >= 4 is 5.91 Å². The van der Waals surface area contributed by atoms with Crippen LogP contribution in [-0.4, -0.2) is 46.1 Å². The van der Waals surface area contributed by atoms with Crippen molar-refractivity contribution in [3.05, 3.63) is 36.5 Å². The van der Waals surface area contributed by atoms with Crippen molar-refractivity contribution in [2.75, 3.05) is 6.61 Å². The lowest BCUT2D eigenvalue weighted by Gasteiger charge is -2.21. The number of hydrogen-bond donors (Lipinski definition) is 4. The third-order valence-electron chi connectivity index (χ3n) is 7.92. The molecule has 0 radical (unpaired) electrons. The monoisotopic (exact) mass is 592 g/mol. The number of hydrogen-bond acceptors (Lipinski definition) is 4. The van der Waals surface area contributed by atoms with E-state index in [1.807, 2.05) is 6.08 Å². The number of carbonyl (C=O) groups excluding carboxylic acids is 1. The van der Waals surface area contributed by atoms with Gasteiger partial charge in [-0.25, -0.2) is 0 Å². The Balaban J connectivity index is 3.79. The Morgan fingerprint density at radius 2 is 1.07 bits per heavy atom. The van der Waals surface area contributed by atoms with Crippen LogP contribution < -0.4 is 5.32 Å². The minimum absolute atomic E-state index is 0.00336. The number of allylic oxidation sites excluding steroid dienone is 5. The van der Waals surface area contributed by atoms with E-state index >= 15 is 0 Å². The van der Waals surface area contributed by atoms with Crippen LogP contribution in [0.2, 0.25) is 0 Å². The molecular formula is C37H69NO4. The number of aliphatic hydroxyl groups is 3. The summed E-state index contributed by atoms with van der Waals surface area (Å²) in [5, 5.41) is 33.0. The molecule has 0 bridgehead atoms. The van der Waals surface area contributed by atoms with E-state index in [-0.39, 0.29) is 18.9 Å². The highest BCUT2D eigenvalue weighted by molar-refractivity contribution is 5.76. The molecule has 4 N–H and O–H groups in total. The minimum Gasteiger partial charge on any atom is -0.394 e. The maximum atomic E-state index is 12.3. The van der Waals surface area contributed by atoms with Gasteiger partial charge in [0.15, 0.2) is 0 Å². The highest BCUT2D eigenvalue weighted by atomic mass is 16.3. The molecule has 0 aliphatic carbocycles. The van der Waals surface area contributed by atoms with Crippen molar-refractivity contribution in [2.24, 2.45) is 0 Å². The Hall–Kier alpha value is -1.43. The third-order valence-corrected chi connectivity index (χ3v) is 7.92. The van der Waals surface area contributed by atoms with Gasteiger partial charge in [0.2, 0.25) is 5.91 Å². The van der Waals surface area contributed by atoms with Crippen LogP contribution >= 0.6 is 0 Å². The van der Waals surface area contributed by atoms with Crippen LogP contribution in [0.15, 0.2) is 36.5 Å². The molecule has 1 amide bonds. The molecule has 42 heavy (non-hydrogen) atoms.